The zero-order valence-corrected chi connectivity index (χ0v) is 12.9. The van der Waals surface area contributed by atoms with E-state index in [2.05, 4.69) is 5.32 Å². The van der Waals surface area contributed by atoms with Crippen molar-refractivity contribution in [2.24, 2.45) is 0 Å². The van der Waals surface area contributed by atoms with E-state index in [1.807, 2.05) is 6.92 Å². The summed E-state index contributed by atoms with van der Waals surface area (Å²) in [6.07, 6.45) is 0.507. The minimum absolute atomic E-state index is 0.0764. The van der Waals surface area contributed by atoms with Crippen LogP contribution < -0.4 is 5.32 Å². The van der Waals surface area contributed by atoms with Crippen LogP contribution in [0.15, 0.2) is 18.2 Å². The molecule has 1 amide bonds. The summed E-state index contributed by atoms with van der Waals surface area (Å²) in [7, 11) is 0. The third kappa shape index (κ3) is 3.75. The second-order valence-electron chi connectivity index (χ2n) is 4.27. The van der Waals surface area contributed by atoms with Crippen molar-refractivity contribution in [2.75, 3.05) is 11.8 Å². The number of hydrogen-bond acceptors (Lipinski definition) is 3. The summed E-state index contributed by atoms with van der Waals surface area (Å²) in [6, 6.07) is 3.85. The fraction of sp³-hybridized carbons (Fsp3) is 0.417. The molecule has 1 aromatic carbocycles. The summed E-state index contributed by atoms with van der Waals surface area (Å²) < 4.78 is 0. The standard InChI is InChI=1S/C12H13Cl3N2O3/c1-2-12(6-13,7-14)16-11(18)9-4-3-8(15)5-10(9)17(19)20/h3-5H,2,6-7H2,1H3,(H,16,18). The van der Waals surface area contributed by atoms with Gasteiger partial charge in [0.05, 0.1) is 10.5 Å². The summed E-state index contributed by atoms with van der Waals surface area (Å²) in [4.78, 5) is 22.5. The number of nitrogens with zero attached hydrogens (tertiary/aromatic N) is 1. The van der Waals surface area contributed by atoms with Crippen molar-refractivity contribution < 1.29 is 9.72 Å². The molecule has 0 bridgehead atoms. The molecule has 1 rings (SSSR count). The predicted octanol–water partition coefficient (Wildman–Crippen LogP) is 3.60. The van der Waals surface area contributed by atoms with Crippen molar-refractivity contribution in [1.82, 2.24) is 5.32 Å². The smallest absolute Gasteiger partial charge is 0.283 e. The van der Waals surface area contributed by atoms with Crippen molar-refractivity contribution in [3.05, 3.63) is 38.9 Å². The van der Waals surface area contributed by atoms with Crippen LogP contribution in [0.5, 0.6) is 0 Å². The molecule has 0 heterocycles. The van der Waals surface area contributed by atoms with E-state index in [1.54, 1.807) is 0 Å². The van der Waals surface area contributed by atoms with Gasteiger partial charge in [-0.3, -0.25) is 14.9 Å². The zero-order chi connectivity index (χ0) is 15.3. The molecule has 8 heteroatoms. The molecule has 110 valence electrons. The van der Waals surface area contributed by atoms with Crippen LogP contribution in [0.3, 0.4) is 0 Å². The number of benzene rings is 1. The number of carbonyl (C=O) groups excluding carboxylic acids is 1. The lowest BCUT2D eigenvalue weighted by atomic mass is 10.0. The van der Waals surface area contributed by atoms with Gasteiger partial charge in [-0.2, -0.15) is 0 Å². The lowest BCUT2D eigenvalue weighted by Gasteiger charge is -2.29. The van der Waals surface area contributed by atoms with Crippen LogP contribution in [0.25, 0.3) is 0 Å². The van der Waals surface area contributed by atoms with Crippen LogP contribution >= 0.6 is 34.8 Å². The predicted molar refractivity (Wildman–Crippen MR) is 80.0 cm³/mol. The topological polar surface area (TPSA) is 72.2 Å². The minimum atomic E-state index is -0.798. The number of nitro groups is 1. The molecule has 1 N–H and O–H groups in total. The zero-order valence-electron chi connectivity index (χ0n) is 10.7. The Bertz CT molecular complexity index is 510. The van der Waals surface area contributed by atoms with Crippen molar-refractivity contribution in [3.63, 3.8) is 0 Å². The third-order valence-corrected chi connectivity index (χ3v) is 4.23. The summed E-state index contributed by atoms with van der Waals surface area (Å²) in [5.41, 5.74) is -1.23. The number of alkyl halides is 2. The van der Waals surface area contributed by atoms with Gasteiger partial charge in [-0.05, 0) is 18.6 Å². The Morgan fingerprint density at radius 2 is 2.00 bits per heavy atom. The van der Waals surface area contributed by atoms with Gasteiger partial charge in [0.25, 0.3) is 11.6 Å². The number of nitrogens with one attached hydrogen (secondary N) is 1. The molecule has 0 radical (unpaired) electrons. The first-order valence-electron chi connectivity index (χ1n) is 5.77. The fourth-order valence-corrected chi connectivity index (χ4v) is 2.50. The van der Waals surface area contributed by atoms with Gasteiger partial charge >= 0.3 is 0 Å². The molecular formula is C12H13Cl3N2O3. The average molecular weight is 340 g/mol. The highest BCUT2D eigenvalue weighted by atomic mass is 35.5. The Hall–Kier alpha value is -1.04. The number of hydrogen-bond donors (Lipinski definition) is 1. The van der Waals surface area contributed by atoms with E-state index in [0.29, 0.717) is 6.42 Å². The second kappa shape index (κ2) is 7.11. The molecule has 20 heavy (non-hydrogen) atoms. The maximum absolute atomic E-state index is 12.2. The molecule has 5 nitrogen and oxygen atoms in total. The number of amides is 1. The molecule has 1 aromatic rings. The molecule has 0 aromatic heterocycles. The highest BCUT2D eigenvalue weighted by Crippen LogP contribution is 2.24. The molecule has 0 spiro atoms. The van der Waals surface area contributed by atoms with Crippen molar-refractivity contribution in [3.8, 4) is 0 Å². The number of rotatable bonds is 6. The molecule has 0 atom stereocenters. The van der Waals surface area contributed by atoms with Crippen LogP contribution in [0.2, 0.25) is 5.02 Å². The van der Waals surface area contributed by atoms with Crippen LogP contribution in [-0.4, -0.2) is 28.1 Å². The molecular weight excluding hydrogens is 327 g/mol. The van der Waals surface area contributed by atoms with Crippen molar-refractivity contribution in [2.45, 2.75) is 18.9 Å². The molecule has 0 unspecified atom stereocenters. The van der Waals surface area contributed by atoms with E-state index >= 15 is 0 Å². The van der Waals surface area contributed by atoms with Gasteiger partial charge < -0.3 is 5.32 Å². The minimum Gasteiger partial charge on any atom is -0.344 e. The average Bonchev–Trinajstić information content (AvgIpc) is 2.44. The SMILES string of the molecule is CCC(CCl)(CCl)NC(=O)c1ccc(Cl)cc1[N+](=O)[O-]. The third-order valence-electron chi connectivity index (χ3n) is 2.97. The maximum atomic E-state index is 12.2. The normalized spacial score (nSPS) is 11.2. The van der Waals surface area contributed by atoms with Crippen LogP contribution in [-0.2, 0) is 0 Å². The van der Waals surface area contributed by atoms with E-state index in [4.69, 9.17) is 34.8 Å². The fourth-order valence-electron chi connectivity index (χ4n) is 1.54. The van der Waals surface area contributed by atoms with Gasteiger partial charge in [0.1, 0.15) is 5.56 Å². The Morgan fingerprint density at radius 3 is 2.45 bits per heavy atom. The molecule has 0 aliphatic carbocycles. The number of nitro benzene ring substituents is 1. The van der Waals surface area contributed by atoms with E-state index in [0.717, 1.165) is 6.07 Å². The van der Waals surface area contributed by atoms with E-state index in [9.17, 15) is 14.9 Å². The Kier molecular flexibility index (Phi) is 6.05. The summed E-state index contributed by atoms with van der Waals surface area (Å²) in [6.45, 7) is 1.82. The van der Waals surface area contributed by atoms with Crippen molar-refractivity contribution in [1.29, 1.82) is 0 Å². The lowest BCUT2D eigenvalue weighted by molar-refractivity contribution is -0.385. The Balaban J connectivity index is 3.12. The molecule has 0 aliphatic rings. The number of halogens is 3. The first-order valence-corrected chi connectivity index (χ1v) is 7.22. The lowest BCUT2D eigenvalue weighted by Crippen LogP contribution is -2.51. The van der Waals surface area contributed by atoms with Crippen LogP contribution in [0.1, 0.15) is 23.7 Å². The van der Waals surface area contributed by atoms with Gasteiger partial charge in [0.2, 0.25) is 0 Å². The quantitative estimate of drug-likeness (QED) is 0.489. The van der Waals surface area contributed by atoms with Gasteiger partial charge in [-0.15, -0.1) is 23.2 Å². The second-order valence-corrected chi connectivity index (χ2v) is 5.24. The van der Waals surface area contributed by atoms with Crippen LogP contribution in [0.4, 0.5) is 5.69 Å². The van der Waals surface area contributed by atoms with E-state index in [-0.39, 0.29) is 28.0 Å². The van der Waals surface area contributed by atoms with Crippen molar-refractivity contribution >= 4 is 46.4 Å². The summed E-state index contributed by atoms with van der Waals surface area (Å²) >= 11 is 17.4. The van der Waals surface area contributed by atoms with Gasteiger partial charge in [0.15, 0.2) is 0 Å². The Morgan fingerprint density at radius 1 is 1.40 bits per heavy atom. The summed E-state index contributed by atoms with van der Waals surface area (Å²) in [5.74, 6) is -0.378. The number of carbonyl (C=O) groups is 1. The highest BCUT2D eigenvalue weighted by molar-refractivity contribution is 6.31. The van der Waals surface area contributed by atoms with Gasteiger partial charge in [0, 0.05) is 22.8 Å². The molecule has 0 saturated heterocycles. The highest BCUT2D eigenvalue weighted by Gasteiger charge is 2.31. The molecule has 0 fully saturated rings. The molecule has 0 saturated carbocycles. The summed E-state index contributed by atoms with van der Waals surface area (Å²) in [5, 5.41) is 13.8. The van der Waals surface area contributed by atoms with E-state index in [1.165, 1.54) is 12.1 Å². The monoisotopic (exact) mass is 338 g/mol. The first kappa shape index (κ1) is 17.0. The molecule has 0 aliphatic heterocycles. The van der Waals surface area contributed by atoms with Gasteiger partial charge in [-0.1, -0.05) is 18.5 Å². The Labute approximate surface area is 131 Å². The first-order chi connectivity index (χ1) is 9.39. The maximum Gasteiger partial charge on any atom is 0.283 e. The van der Waals surface area contributed by atoms with Crippen LogP contribution in [0, 0.1) is 10.1 Å². The van der Waals surface area contributed by atoms with E-state index < -0.39 is 16.4 Å². The largest absolute Gasteiger partial charge is 0.344 e. The van der Waals surface area contributed by atoms with Gasteiger partial charge in [-0.25, -0.2) is 0 Å².